The highest BCUT2D eigenvalue weighted by atomic mass is 35.5. The van der Waals surface area contributed by atoms with Crippen LogP contribution in [0, 0.1) is 0 Å². The van der Waals surface area contributed by atoms with Crippen molar-refractivity contribution in [1.29, 1.82) is 0 Å². The second kappa shape index (κ2) is 8.19. The van der Waals surface area contributed by atoms with Gasteiger partial charge >= 0.3 is 0 Å². The van der Waals surface area contributed by atoms with Crippen molar-refractivity contribution in [3.63, 3.8) is 0 Å². The van der Waals surface area contributed by atoms with Gasteiger partial charge in [-0.3, -0.25) is 14.8 Å². The molecule has 2 unspecified atom stereocenters. The van der Waals surface area contributed by atoms with Gasteiger partial charge in [0.2, 0.25) is 0 Å². The van der Waals surface area contributed by atoms with E-state index in [1.807, 2.05) is 18.2 Å². The summed E-state index contributed by atoms with van der Waals surface area (Å²) >= 11 is 6.31. The normalized spacial score (nSPS) is 27.8. The van der Waals surface area contributed by atoms with Gasteiger partial charge < -0.3 is 10.6 Å². The number of halogens is 1. The SMILES string of the molecule is CCNC(=NCC1CN2CCN1CC2)NC(C)c1ccccc1Cl. The van der Waals surface area contributed by atoms with Gasteiger partial charge in [0.1, 0.15) is 0 Å². The van der Waals surface area contributed by atoms with Crippen LogP contribution in [0.25, 0.3) is 0 Å². The Hall–Kier alpha value is -1.30. The number of piperazine rings is 3. The van der Waals surface area contributed by atoms with Crippen molar-refractivity contribution in [2.75, 3.05) is 45.8 Å². The third-order valence-corrected chi connectivity index (χ3v) is 5.27. The summed E-state index contributed by atoms with van der Waals surface area (Å²) < 4.78 is 0. The Morgan fingerprint density at radius 3 is 2.67 bits per heavy atom. The van der Waals surface area contributed by atoms with Crippen LogP contribution in [0.4, 0.5) is 0 Å². The summed E-state index contributed by atoms with van der Waals surface area (Å²) in [6.45, 7) is 11.8. The van der Waals surface area contributed by atoms with Crippen LogP contribution in [-0.2, 0) is 0 Å². The predicted molar refractivity (Wildman–Crippen MR) is 101 cm³/mol. The van der Waals surface area contributed by atoms with Crippen LogP contribution in [0.3, 0.4) is 0 Å². The van der Waals surface area contributed by atoms with Crippen molar-refractivity contribution in [3.8, 4) is 0 Å². The molecule has 132 valence electrons. The lowest BCUT2D eigenvalue weighted by Gasteiger charge is -2.47. The van der Waals surface area contributed by atoms with E-state index in [0.717, 1.165) is 36.2 Å². The molecule has 0 spiro atoms. The van der Waals surface area contributed by atoms with Crippen molar-refractivity contribution in [3.05, 3.63) is 34.9 Å². The number of hydrogen-bond donors (Lipinski definition) is 2. The Morgan fingerprint density at radius 1 is 1.29 bits per heavy atom. The number of benzene rings is 1. The molecule has 24 heavy (non-hydrogen) atoms. The lowest BCUT2D eigenvalue weighted by molar-refractivity contribution is 0.0174. The highest BCUT2D eigenvalue weighted by molar-refractivity contribution is 6.31. The summed E-state index contributed by atoms with van der Waals surface area (Å²) in [7, 11) is 0. The van der Waals surface area contributed by atoms with Gasteiger partial charge in [0.25, 0.3) is 0 Å². The predicted octanol–water partition coefficient (Wildman–Crippen LogP) is 1.96. The Bertz CT molecular complexity index is 568. The number of aliphatic imine (C=N–C) groups is 1. The highest BCUT2D eigenvalue weighted by Crippen LogP contribution is 2.22. The second-order valence-electron chi connectivity index (χ2n) is 6.60. The van der Waals surface area contributed by atoms with Gasteiger partial charge in [-0.05, 0) is 25.5 Å². The van der Waals surface area contributed by atoms with Crippen molar-refractivity contribution in [2.24, 2.45) is 4.99 Å². The first-order valence-corrected chi connectivity index (χ1v) is 9.31. The van der Waals surface area contributed by atoms with Gasteiger partial charge in [-0.1, -0.05) is 29.8 Å². The Kier molecular flexibility index (Phi) is 5.98. The number of nitrogens with zero attached hydrogens (tertiary/aromatic N) is 3. The van der Waals surface area contributed by atoms with Crippen molar-refractivity contribution in [1.82, 2.24) is 20.4 Å². The summed E-state index contributed by atoms with van der Waals surface area (Å²) in [5, 5.41) is 7.62. The molecule has 0 saturated carbocycles. The zero-order valence-corrected chi connectivity index (χ0v) is 15.4. The summed E-state index contributed by atoms with van der Waals surface area (Å²) in [5.41, 5.74) is 1.09. The van der Waals surface area contributed by atoms with Gasteiger partial charge in [0, 0.05) is 50.3 Å². The first kappa shape index (κ1) is 17.5. The van der Waals surface area contributed by atoms with Gasteiger partial charge in [0.15, 0.2) is 5.96 Å². The van der Waals surface area contributed by atoms with E-state index in [4.69, 9.17) is 16.6 Å². The molecule has 2 atom stereocenters. The van der Waals surface area contributed by atoms with E-state index in [9.17, 15) is 0 Å². The Labute approximate surface area is 150 Å². The van der Waals surface area contributed by atoms with E-state index >= 15 is 0 Å². The van der Waals surface area contributed by atoms with Gasteiger partial charge in [-0.15, -0.1) is 0 Å². The summed E-state index contributed by atoms with van der Waals surface area (Å²) in [4.78, 5) is 9.96. The number of rotatable bonds is 5. The fraction of sp³-hybridized carbons (Fsp3) is 0.611. The van der Waals surface area contributed by atoms with Crippen LogP contribution in [0.15, 0.2) is 29.3 Å². The summed E-state index contributed by atoms with van der Waals surface area (Å²) in [6, 6.07) is 8.62. The molecule has 0 radical (unpaired) electrons. The standard InChI is InChI=1S/C18H28ClN5/c1-3-20-18(22-14(2)16-6-4-5-7-17(16)19)21-12-15-13-23-8-10-24(15)11-9-23/h4-7,14-15H,3,8-13H2,1-2H3,(H2,20,21,22). The molecule has 2 N–H and O–H groups in total. The average Bonchev–Trinajstić information content (AvgIpc) is 2.61. The molecular formula is C18H28ClN5. The highest BCUT2D eigenvalue weighted by Gasteiger charge is 2.31. The molecule has 1 aromatic rings. The van der Waals surface area contributed by atoms with Crippen LogP contribution in [0.1, 0.15) is 25.5 Å². The number of fused-ring (bicyclic) bond motifs is 3. The molecule has 0 amide bonds. The quantitative estimate of drug-likeness (QED) is 0.630. The van der Waals surface area contributed by atoms with Crippen LogP contribution in [-0.4, -0.2) is 67.6 Å². The minimum Gasteiger partial charge on any atom is -0.357 e. The zero-order chi connectivity index (χ0) is 16.9. The molecule has 0 aliphatic carbocycles. The largest absolute Gasteiger partial charge is 0.357 e. The van der Waals surface area contributed by atoms with Crippen LogP contribution < -0.4 is 10.6 Å². The lowest BCUT2D eigenvalue weighted by atomic mass is 10.1. The second-order valence-corrected chi connectivity index (χ2v) is 7.00. The monoisotopic (exact) mass is 349 g/mol. The van der Waals surface area contributed by atoms with Gasteiger partial charge in [0.05, 0.1) is 12.6 Å². The van der Waals surface area contributed by atoms with Crippen molar-refractivity contribution in [2.45, 2.75) is 25.9 Å². The third kappa shape index (κ3) is 4.21. The first-order chi connectivity index (χ1) is 11.7. The minimum absolute atomic E-state index is 0.114. The fourth-order valence-electron chi connectivity index (χ4n) is 3.52. The average molecular weight is 350 g/mol. The number of guanidine groups is 1. The maximum absolute atomic E-state index is 6.31. The third-order valence-electron chi connectivity index (χ3n) is 4.92. The van der Waals surface area contributed by atoms with Crippen molar-refractivity contribution < 1.29 is 0 Å². The Morgan fingerprint density at radius 2 is 2.04 bits per heavy atom. The topological polar surface area (TPSA) is 42.9 Å². The van der Waals surface area contributed by atoms with E-state index in [-0.39, 0.29) is 6.04 Å². The van der Waals surface area contributed by atoms with Crippen LogP contribution in [0.5, 0.6) is 0 Å². The molecule has 4 rings (SSSR count). The first-order valence-electron chi connectivity index (χ1n) is 8.93. The molecule has 0 aromatic heterocycles. The fourth-order valence-corrected chi connectivity index (χ4v) is 3.82. The molecular weight excluding hydrogens is 322 g/mol. The Balaban J connectivity index is 1.62. The smallest absolute Gasteiger partial charge is 0.191 e. The van der Waals surface area contributed by atoms with Gasteiger partial charge in [-0.25, -0.2) is 0 Å². The molecule has 3 aliphatic rings. The van der Waals surface area contributed by atoms with E-state index in [0.29, 0.717) is 6.04 Å². The lowest BCUT2D eigenvalue weighted by Crippen LogP contribution is -2.62. The van der Waals surface area contributed by atoms with E-state index in [2.05, 4.69) is 40.3 Å². The van der Waals surface area contributed by atoms with Crippen molar-refractivity contribution >= 4 is 17.6 Å². The molecule has 6 heteroatoms. The molecule has 2 bridgehead atoms. The van der Waals surface area contributed by atoms with E-state index < -0.39 is 0 Å². The molecule has 3 aliphatic heterocycles. The van der Waals surface area contributed by atoms with E-state index in [1.54, 1.807) is 0 Å². The molecule has 3 saturated heterocycles. The van der Waals surface area contributed by atoms with E-state index in [1.165, 1.54) is 26.2 Å². The maximum Gasteiger partial charge on any atom is 0.191 e. The zero-order valence-electron chi connectivity index (χ0n) is 14.6. The molecule has 1 aromatic carbocycles. The molecule has 3 fully saturated rings. The van der Waals surface area contributed by atoms with Crippen LogP contribution >= 0.6 is 11.6 Å². The number of hydrogen-bond acceptors (Lipinski definition) is 3. The molecule has 5 nitrogen and oxygen atoms in total. The van der Waals surface area contributed by atoms with Crippen LogP contribution in [0.2, 0.25) is 5.02 Å². The maximum atomic E-state index is 6.31. The summed E-state index contributed by atoms with van der Waals surface area (Å²) in [6.07, 6.45) is 0. The number of nitrogens with one attached hydrogen (secondary N) is 2. The van der Waals surface area contributed by atoms with Gasteiger partial charge in [-0.2, -0.15) is 0 Å². The summed E-state index contributed by atoms with van der Waals surface area (Å²) in [5.74, 6) is 0.863. The molecule has 3 heterocycles. The minimum atomic E-state index is 0.114.